The van der Waals surface area contributed by atoms with Crippen molar-refractivity contribution in [1.82, 2.24) is 4.90 Å². The summed E-state index contributed by atoms with van der Waals surface area (Å²) in [5.74, 6) is 0.545. The van der Waals surface area contributed by atoms with E-state index in [1.165, 1.54) is 11.1 Å². The molecule has 0 N–H and O–H groups in total. The maximum atomic E-state index is 5.93. The molecule has 0 radical (unpaired) electrons. The Hall–Kier alpha value is -1.31. The summed E-state index contributed by atoms with van der Waals surface area (Å²) in [6.45, 7) is 7.61. The molecule has 106 valence electrons. The maximum Gasteiger partial charge on any atom is 0.0406 e. The highest BCUT2D eigenvalue weighted by Crippen LogP contribution is 2.18. The Bertz CT molecular complexity index is 507. The standard InChI is InChI=1S/C18H22ClN/c1-3-20(14-16-9-11-18(19)12-10-16)13-15(2)17-7-5-4-6-8-17/h4-12,15H,3,13-14H2,1-2H3. The molecule has 0 bridgehead atoms. The van der Waals surface area contributed by atoms with Crippen LogP contribution in [-0.4, -0.2) is 18.0 Å². The lowest BCUT2D eigenvalue weighted by Crippen LogP contribution is -2.27. The van der Waals surface area contributed by atoms with Gasteiger partial charge in [-0.15, -0.1) is 0 Å². The van der Waals surface area contributed by atoms with Crippen molar-refractivity contribution in [2.45, 2.75) is 26.3 Å². The van der Waals surface area contributed by atoms with Gasteiger partial charge in [0.25, 0.3) is 0 Å². The van der Waals surface area contributed by atoms with E-state index in [1.807, 2.05) is 12.1 Å². The zero-order valence-electron chi connectivity index (χ0n) is 12.2. The highest BCUT2D eigenvalue weighted by molar-refractivity contribution is 6.30. The third-order valence-electron chi connectivity index (χ3n) is 3.67. The molecule has 1 unspecified atom stereocenters. The number of hydrogen-bond donors (Lipinski definition) is 0. The van der Waals surface area contributed by atoms with Crippen molar-refractivity contribution >= 4 is 11.6 Å². The minimum atomic E-state index is 0.545. The zero-order valence-corrected chi connectivity index (χ0v) is 13.0. The molecule has 0 heterocycles. The van der Waals surface area contributed by atoms with Crippen molar-refractivity contribution in [3.63, 3.8) is 0 Å². The molecule has 0 spiro atoms. The van der Waals surface area contributed by atoms with Gasteiger partial charge in [0.1, 0.15) is 0 Å². The summed E-state index contributed by atoms with van der Waals surface area (Å²) in [6.07, 6.45) is 0. The smallest absolute Gasteiger partial charge is 0.0406 e. The molecule has 2 rings (SSSR count). The van der Waals surface area contributed by atoms with Crippen molar-refractivity contribution in [2.24, 2.45) is 0 Å². The normalized spacial score (nSPS) is 12.6. The van der Waals surface area contributed by atoms with Gasteiger partial charge in [-0.25, -0.2) is 0 Å². The van der Waals surface area contributed by atoms with E-state index in [0.717, 1.165) is 24.7 Å². The lowest BCUT2D eigenvalue weighted by atomic mass is 10.0. The lowest BCUT2D eigenvalue weighted by Gasteiger charge is -2.24. The summed E-state index contributed by atoms with van der Waals surface area (Å²) in [7, 11) is 0. The van der Waals surface area contributed by atoms with Crippen molar-refractivity contribution in [2.75, 3.05) is 13.1 Å². The fourth-order valence-electron chi connectivity index (χ4n) is 2.43. The van der Waals surface area contributed by atoms with Gasteiger partial charge in [0.15, 0.2) is 0 Å². The predicted molar refractivity (Wildman–Crippen MR) is 87.3 cm³/mol. The van der Waals surface area contributed by atoms with Crippen molar-refractivity contribution in [1.29, 1.82) is 0 Å². The Kier molecular flexibility index (Phi) is 5.63. The number of hydrogen-bond acceptors (Lipinski definition) is 1. The number of rotatable bonds is 6. The monoisotopic (exact) mass is 287 g/mol. The molecule has 0 saturated heterocycles. The van der Waals surface area contributed by atoms with Crippen LogP contribution in [0.4, 0.5) is 0 Å². The van der Waals surface area contributed by atoms with E-state index in [2.05, 4.69) is 61.2 Å². The summed E-state index contributed by atoms with van der Waals surface area (Å²) in [6, 6.07) is 18.9. The van der Waals surface area contributed by atoms with Crippen LogP contribution in [0.2, 0.25) is 5.02 Å². The molecule has 0 aromatic heterocycles. The Morgan fingerprint density at radius 3 is 2.25 bits per heavy atom. The Balaban J connectivity index is 1.97. The summed E-state index contributed by atoms with van der Waals surface area (Å²) in [5, 5.41) is 0.800. The molecule has 20 heavy (non-hydrogen) atoms. The molecule has 0 amide bonds. The van der Waals surface area contributed by atoms with Gasteiger partial charge in [0, 0.05) is 18.1 Å². The van der Waals surface area contributed by atoms with Crippen LogP contribution in [0.5, 0.6) is 0 Å². The predicted octanol–water partition coefficient (Wildman–Crippen LogP) is 4.97. The number of nitrogens with zero attached hydrogens (tertiary/aromatic N) is 1. The highest BCUT2D eigenvalue weighted by Gasteiger charge is 2.11. The molecule has 0 fully saturated rings. The Morgan fingerprint density at radius 1 is 1.00 bits per heavy atom. The molecule has 0 aliphatic heterocycles. The van der Waals surface area contributed by atoms with Gasteiger partial charge in [-0.05, 0) is 35.7 Å². The van der Waals surface area contributed by atoms with Gasteiger partial charge in [-0.2, -0.15) is 0 Å². The second kappa shape index (κ2) is 7.47. The minimum absolute atomic E-state index is 0.545. The third kappa shape index (κ3) is 4.36. The first-order valence-corrected chi connectivity index (χ1v) is 7.58. The summed E-state index contributed by atoms with van der Waals surface area (Å²) in [5.41, 5.74) is 2.72. The van der Waals surface area contributed by atoms with Crippen LogP contribution in [-0.2, 0) is 6.54 Å². The zero-order chi connectivity index (χ0) is 14.4. The molecule has 1 atom stereocenters. The highest BCUT2D eigenvalue weighted by atomic mass is 35.5. The fraction of sp³-hybridized carbons (Fsp3) is 0.333. The van der Waals surface area contributed by atoms with Gasteiger partial charge in [-0.1, -0.05) is 67.9 Å². The van der Waals surface area contributed by atoms with Gasteiger partial charge in [0.2, 0.25) is 0 Å². The molecule has 2 aromatic rings. The Morgan fingerprint density at radius 2 is 1.65 bits per heavy atom. The quantitative estimate of drug-likeness (QED) is 0.725. The van der Waals surface area contributed by atoms with E-state index in [4.69, 9.17) is 11.6 Å². The van der Waals surface area contributed by atoms with Crippen LogP contribution in [0, 0.1) is 0 Å². The molecular weight excluding hydrogens is 266 g/mol. The molecule has 2 heteroatoms. The van der Waals surface area contributed by atoms with Crippen LogP contribution in [0.3, 0.4) is 0 Å². The summed E-state index contributed by atoms with van der Waals surface area (Å²) >= 11 is 5.93. The second-order valence-electron chi connectivity index (χ2n) is 5.27. The lowest BCUT2D eigenvalue weighted by molar-refractivity contribution is 0.266. The molecule has 1 nitrogen and oxygen atoms in total. The number of benzene rings is 2. The van der Waals surface area contributed by atoms with Crippen LogP contribution in [0.1, 0.15) is 30.9 Å². The van der Waals surface area contributed by atoms with E-state index in [-0.39, 0.29) is 0 Å². The SMILES string of the molecule is CCN(Cc1ccc(Cl)cc1)CC(C)c1ccccc1. The largest absolute Gasteiger partial charge is 0.299 e. The van der Waals surface area contributed by atoms with Gasteiger partial charge < -0.3 is 0 Å². The van der Waals surface area contributed by atoms with E-state index >= 15 is 0 Å². The first-order valence-electron chi connectivity index (χ1n) is 7.20. The maximum absolute atomic E-state index is 5.93. The number of halogens is 1. The molecule has 0 aliphatic rings. The second-order valence-corrected chi connectivity index (χ2v) is 5.70. The van der Waals surface area contributed by atoms with E-state index in [0.29, 0.717) is 5.92 Å². The number of likely N-dealkylation sites (N-methyl/N-ethyl adjacent to an activating group) is 1. The van der Waals surface area contributed by atoms with Gasteiger partial charge in [0.05, 0.1) is 0 Å². The minimum Gasteiger partial charge on any atom is -0.299 e. The summed E-state index contributed by atoms with van der Waals surface area (Å²) < 4.78 is 0. The third-order valence-corrected chi connectivity index (χ3v) is 3.92. The van der Waals surface area contributed by atoms with E-state index < -0.39 is 0 Å². The van der Waals surface area contributed by atoms with Gasteiger partial charge >= 0.3 is 0 Å². The topological polar surface area (TPSA) is 3.24 Å². The first kappa shape index (κ1) is 15.1. The van der Waals surface area contributed by atoms with Crippen molar-refractivity contribution in [3.05, 3.63) is 70.7 Å². The average Bonchev–Trinajstić information content (AvgIpc) is 2.49. The van der Waals surface area contributed by atoms with Crippen molar-refractivity contribution < 1.29 is 0 Å². The molecule has 0 aliphatic carbocycles. The van der Waals surface area contributed by atoms with Crippen LogP contribution in [0.25, 0.3) is 0 Å². The van der Waals surface area contributed by atoms with Crippen LogP contribution < -0.4 is 0 Å². The van der Waals surface area contributed by atoms with Crippen LogP contribution in [0.15, 0.2) is 54.6 Å². The van der Waals surface area contributed by atoms with Gasteiger partial charge in [-0.3, -0.25) is 4.90 Å². The van der Waals surface area contributed by atoms with Crippen LogP contribution >= 0.6 is 11.6 Å². The Labute approximate surface area is 127 Å². The molecule has 0 saturated carbocycles. The summed E-state index contributed by atoms with van der Waals surface area (Å²) in [4.78, 5) is 2.47. The van der Waals surface area contributed by atoms with E-state index in [9.17, 15) is 0 Å². The molecular formula is C18H22ClN. The van der Waals surface area contributed by atoms with E-state index in [1.54, 1.807) is 0 Å². The first-order chi connectivity index (χ1) is 9.69. The average molecular weight is 288 g/mol. The molecule has 2 aromatic carbocycles. The fourth-order valence-corrected chi connectivity index (χ4v) is 2.55. The van der Waals surface area contributed by atoms with Crippen molar-refractivity contribution in [3.8, 4) is 0 Å².